The molecule has 2 aliphatic rings. The highest BCUT2D eigenvalue weighted by Gasteiger charge is 2.28. The Hall–Kier alpha value is -3.91. The lowest BCUT2D eigenvalue weighted by atomic mass is 10.1. The van der Waals surface area contributed by atoms with Gasteiger partial charge in [0.1, 0.15) is 18.2 Å². The second-order valence-electron chi connectivity index (χ2n) is 9.61. The van der Waals surface area contributed by atoms with Crippen molar-refractivity contribution in [2.75, 3.05) is 25.0 Å². The minimum atomic E-state index is -0.208. The number of amides is 1. The Morgan fingerprint density at radius 3 is 2.85 bits per heavy atom. The van der Waals surface area contributed by atoms with Crippen LogP contribution >= 0.6 is 22.9 Å². The highest BCUT2D eigenvalue weighted by atomic mass is 35.5. The van der Waals surface area contributed by atoms with Crippen molar-refractivity contribution in [2.45, 2.75) is 37.8 Å². The molecule has 6 rings (SSSR count). The largest absolute Gasteiger partial charge is 0.445 e. The van der Waals surface area contributed by atoms with E-state index in [1.54, 1.807) is 24.4 Å². The van der Waals surface area contributed by atoms with Crippen molar-refractivity contribution in [3.8, 4) is 23.5 Å². The van der Waals surface area contributed by atoms with Gasteiger partial charge >= 0.3 is 6.09 Å². The van der Waals surface area contributed by atoms with Crippen LogP contribution in [0.2, 0.25) is 5.02 Å². The Labute approximate surface area is 240 Å². The molecular weight excluding hydrogens is 548 g/mol. The molecule has 1 amide bonds. The lowest BCUT2D eigenvalue weighted by Crippen LogP contribution is -2.38. The molecule has 2 N–H and O–H groups in total. The summed E-state index contributed by atoms with van der Waals surface area (Å²) in [5.74, 6) is 8.19. The third-order valence-electron chi connectivity index (χ3n) is 6.70. The van der Waals surface area contributed by atoms with Gasteiger partial charge in [-0.25, -0.2) is 19.7 Å². The van der Waals surface area contributed by atoms with Gasteiger partial charge in [0.2, 0.25) is 5.88 Å². The molecule has 5 heterocycles. The van der Waals surface area contributed by atoms with E-state index in [4.69, 9.17) is 21.1 Å². The van der Waals surface area contributed by atoms with Gasteiger partial charge in [-0.2, -0.15) is 0 Å². The van der Waals surface area contributed by atoms with E-state index in [0.29, 0.717) is 35.4 Å². The smallest absolute Gasteiger partial charge is 0.410 e. The van der Waals surface area contributed by atoms with Crippen LogP contribution in [0.25, 0.3) is 10.2 Å². The number of thiophene rings is 1. The normalized spacial score (nSPS) is 18.7. The maximum Gasteiger partial charge on any atom is 0.410 e. The molecule has 0 aliphatic carbocycles. The van der Waals surface area contributed by atoms with Crippen LogP contribution in [0, 0.1) is 11.8 Å². The molecule has 0 bridgehead atoms. The van der Waals surface area contributed by atoms with Crippen LogP contribution in [-0.2, 0) is 4.74 Å². The molecule has 0 spiro atoms. The predicted octanol–water partition coefficient (Wildman–Crippen LogP) is 5.98. The van der Waals surface area contributed by atoms with Gasteiger partial charge in [-0.05, 0) is 49.6 Å². The molecular formula is C29H27ClN6O3S. The standard InChI is InChI=1S/C29H27ClN6O3S/c30-23-15-20(8-10-25(23)39-26-6-2-3-11-31-26)35-28-27-24(33-18-34-28)16-22(40-27)9-7-19-14-21(17-32-19)38-29(37)36-12-4-1-5-13-36/h2-3,6,8,10-11,15-16,18-19,21,32H,1,4-5,12-14,17H2,(H,33,34,35)/t19-,21-/m1/s1. The summed E-state index contributed by atoms with van der Waals surface area (Å²) < 4.78 is 12.4. The molecule has 2 atom stereocenters. The third-order valence-corrected chi connectivity index (χ3v) is 8.04. The second kappa shape index (κ2) is 12.1. The monoisotopic (exact) mass is 574 g/mol. The van der Waals surface area contributed by atoms with Gasteiger partial charge < -0.3 is 19.7 Å². The zero-order valence-corrected chi connectivity index (χ0v) is 23.2. The Morgan fingerprint density at radius 1 is 1.12 bits per heavy atom. The highest BCUT2D eigenvalue weighted by Crippen LogP contribution is 2.34. The van der Waals surface area contributed by atoms with Crippen molar-refractivity contribution < 1.29 is 14.3 Å². The van der Waals surface area contributed by atoms with E-state index in [1.165, 1.54) is 24.1 Å². The first kappa shape index (κ1) is 26.3. The number of piperidine rings is 1. The van der Waals surface area contributed by atoms with Gasteiger partial charge in [-0.3, -0.25) is 5.32 Å². The number of anilines is 2. The summed E-state index contributed by atoms with van der Waals surface area (Å²) in [4.78, 5) is 28.1. The van der Waals surface area contributed by atoms with E-state index in [9.17, 15) is 4.79 Å². The number of likely N-dealkylation sites (tertiary alicyclic amines) is 1. The predicted molar refractivity (Wildman–Crippen MR) is 155 cm³/mol. The minimum Gasteiger partial charge on any atom is -0.445 e. The Bertz CT molecular complexity index is 1560. The number of nitrogens with one attached hydrogen (secondary N) is 2. The van der Waals surface area contributed by atoms with Crippen LogP contribution < -0.4 is 15.4 Å². The van der Waals surface area contributed by atoms with Gasteiger partial charge in [0.05, 0.1) is 26.2 Å². The van der Waals surface area contributed by atoms with Crippen LogP contribution in [-0.4, -0.2) is 57.7 Å². The van der Waals surface area contributed by atoms with Crippen molar-refractivity contribution in [3.63, 3.8) is 0 Å². The van der Waals surface area contributed by atoms with Crippen molar-refractivity contribution in [1.29, 1.82) is 0 Å². The number of hydrogen-bond donors (Lipinski definition) is 2. The molecule has 3 aromatic heterocycles. The van der Waals surface area contributed by atoms with E-state index in [2.05, 4.69) is 37.4 Å². The number of benzene rings is 1. The summed E-state index contributed by atoms with van der Waals surface area (Å²) in [6.45, 7) is 2.18. The number of carbonyl (C=O) groups excluding carboxylic acids is 1. The Morgan fingerprint density at radius 2 is 2.02 bits per heavy atom. The number of aromatic nitrogens is 3. The van der Waals surface area contributed by atoms with Crippen molar-refractivity contribution >= 4 is 50.8 Å². The summed E-state index contributed by atoms with van der Waals surface area (Å²) in [5, 5.41) is 7.13. The van der Waals surface area contributed by atoms with E-state index < -0.39 is 0 Å². The van der Waals surface area contributed by atoms with Gasteiger partial charge in [0, 0.05) is 44.0 Å². The summed E-state index contributed by atoms with van der Waals surface area (Å²) in [5.41, 5.74) is 1.57. The average molecular weight is 575 g/mol. The van der Waals surface area contributed by atoms with Crippen molar-refractivity contribution in [2.24, 2.45) is 0 Å². The van der Waals surface area contributed by atoms with E-state index in [1.807, 2.05) is 29.2 Å². The summed E-state index contributed by atoms with van der Waals surface area (Å²) in [7, 11) is 0. The maximum absolute atomic E-state index is 12.4. The minimum absolute atomic E-state index is 0.0398. The molecule has 11 heteroatoms. The third kappa shape index (κ3) is 6.28. The second-order valence-corrected chi connectivity index (χ2v) is 11.1. The van der Waals surface area contributed by atoms with Gasteiger partial charge in [0.15, 0.2) is 5.82 Å². The lowest BCUT2D eigenvalue weighted by molar-refractivity contribution is 0.0646. The van der Waals surface area contributed by atoms with E-state index in [-0.39, 0.29) is 18.2 Å². The molecule has 2 aliphatic heterocycles. The number of ether oxygens (including phenoxy) is 2. The van der Waals surface area contributed by atoms with Crippen LogP contribution in [0.15, 0.2) is 55.0 Å². The zero-order chi connectivity index (χ0) is 27.3. The molecule has 40 heavy (non-hydrogen) atoms. The fourth-order valence-corrected chi connectivity index (χ4v) is 5.81. The van der Waals surface area contributed by atoms with Gasteiger partial charge in [-0.15, -0.1) is 11.3 Å². The number of pyridine rings is 1. The fraction of sp³-hybridized carbons (Fsp3) is 0.310. The number of carbonyl (C=O) groups is 1. The van der Waals surface area contributed by atoms with Crippen LogP contribution in [0.5, 0.6) is 11.6 Å². The zero-order valence-electron chi connectivity index (χ0n) is 21.6. The Balaban J connectivity index is 1.10. The first-order valence-electron chi connectivity index (χ1n) is 13.2. The molecule has 2 fully saturated rings. The van der Waals surface area contributed by atoms with Crippen LogP contribution in [0.1, 0.15) is 30.6 Å². The van der Waals surface area contributed by atoms with Gasteiger partial charge in [0.25, 0.3) is 0 Å². The molecule has 1 aromatic carbocycles. The molecule has 0 radical (unpaired) electrons. The van der Waals surface area contributed by atoms with Crippen LogP contribution in [0.3, 0.4) is 0 Å². The SMILES string of the molecule is O=C(O[C@H]1CN[C@H](C#Cc2cc3ncnc(Nc4ccc(Oc5ccccn5)c(Cl)c4)c3s2)C1)N1CCCCC1. The lowest BCUT2D eigenvalue weighted by Gasteiger charge is -2.27. The number of halogens is 1. The van der Waals surface area contributed by atoms with Gasteiger partial charge in [-0.1, -0.05) is 29.5 Å². The quantitative estimate of drug-likeness (QED) is 0.281. The number of hydrogen-bond acceptors (Lipinski definition) is 9. The molecule has 2 saturated heterocycles. The molecule has 0 saturated carbocycles. The molecule has 4 aromatic rings. The summed E-state index contributed by atoms with van der Waals surface area (Å²) in [6.07, 6.45) is 6.75. The molecule has 9 nitrogen and oxygen atoms in total. The number of nitrogens with zero attached hydrogens (tertiary/aromatic N) is 4. The highest BCUT2D eigenvalue weighted by molar-refractivity contribution is 7.20. The topological polar surface area (TPSA) is 102 Å². The van der Waals surface area contributed by atoms with E-state index >= 15 is 0 Å². The fourth-order valence-electron chi connectivity index (χ4n) is 4.68. The maximum atomic E-state index is 12.4. The first-order valence-corrected chi connectivity index (χ1v) is 14.4. The van der Waals surface area contributed by atoms with Crippen molar-refractivity contribution in [3.05, 3.63) is 64.9 Å². The number of rotatable bonds is 5. The summed E-state index contributed by atoms with van der Waals surface area (Å²) in [6, 6.07) is 12.8. The average Bonchev–Trinajstić information content (AvgIpc) is 3.61. The Kier molecular flexibility index (Phi) is 7.95. The molecule has 204 valence electrons. The van der Waals surface area contributed by atoms with Crippen LogP contribution in [0.4, 0.5) is 16.3 Å². The first-order chi connectivity index (χ1) is 19.6. The van der Waals surface area contributed by atoms with Crippen molar-refractivity contribution in [1.82, 2.24) is 25.2 Å². The van der Waals surface area contributed by atoms with E-state index in [0.717, 1.165) is 46.7 Å². The number of fused-ring (bicyclic) bond motifs is 1. The summed E-state index contributed by atoms with van der Waals surface area (Å²) >= 11 is 7.99. The molecule has 0 unspecified atom stereocenters.